The van der Waals surface area contributed by atoms with Crippen LogP contribution in [0, 0.1) is 11.8 Å². The maximum absolute atomic E-state index is 4.43. The molecule has 0 aromatic heterocycles. The van der Waals surface area contributed by atoms with E-state index in [9.17, 15) is 0 Å². The molecule has 0 fully saturated rings. The molecule has 0 N–H and O–H groups in total. The minimum absolute atomic E-state index is 0.950. The van der Waals surface area contributed by atoms with Crippen LogP contribution in [0.1, 0.15) is 5.56 Å². The Morgan fingerprint density at radius 1 is 0.750 bits per heavy atom. The zero-order valence-electron chi connectivity index (χ0n) is 11.0. The molecule has 20 heavy (non-hydrogen) atoms. The largest absolute Gasteiger partial charge is 0.256 e. The molecular formula is C19H13N. The van der Waals surface area contributed by atoms with E-state index in [-0.39, 0.29) is 0 Å². The van der Waals surface area contributed by atoms with Crippen molar-refractivity contribution in [2.45, 2.75) is 0 Å². The first kappa shape index (κ1) is 12.2. The van der Waals surface area contributed by atoms with Crippen LogP contribution in [-0.2, 0) is 0 Å². The van der Waals surface area contributed by atoms with Gasteiger partial charge in [-0.2, -0.15) is 0 Å². The molecule has 3 rings (SSSR count). The monoisotopic (exact) mass is 255 g/mol. The summed E-state index contributed by atoms with van der Waals surface area (Å²) in [4.78, 5) is 4.43. The van der Waals surface area contributed by atoms with Crippen molar-refractivity contribution in [3.05, 3.63) is 95.2 Å². The summed E-state index contributed by atoms with van der Waals surface area (Å²) in [5, 5.41) is 2.02. The second kappa shape index (κ2) is 5.86. The molecule has 1 heterocycles. The lowest BCUT2D eigenvalue weighted by atomic mass is 10.1. The fraction of sp³-hybridized carbons (Fsp3) is 0. The van der Waals surface area contributed by atoms with E-state index in [1.165, 1.54) is 0 Å². The molecule has 0 saturated carbocycles. The summed E-state index contributed by atoms with van der Waals surface area (Å²) in [5.74, 6) is 6.45. The maximum atomic E-state index is 4.43. The van der Waals surface area contributed by atoms with E-state index in [0.29, 0.717) is 0 Å². The van der Waals surface area contributed by atoms with Crippen LogP contribution >= 0.6 is 0 Å². The molecule has 2 aromatic rings. The van der Waals surface area contributed by atoms with Crippen LogP contribution in [0.5, 0.6) is 0 Å². The highest BCUT2D eigenvalue weighted by Crippen LogP contribution is 1.99. The molecule has 0 radical (unpaired) electrons. The molecule has 1 aliphatic rings. The normalized spacial score (nSPS) is 20.1. The summed E-state index contributed by atoms with van der Waals surface area (Å²) in [5.41, 5.74) is 2.00. The molecule has 1 nitrogen and oxygen atoms in total. The van der Waals surface area contributed by atoms with Crippen LogP contribution in [0.25, 0.3) is 5.57 Å². The predicted molar refractivity (Wildman–Crippen MR) is 82.2 cm³/mol. The first-order chi connectivity index (χ1) is 9.93. The summed E-state index contributed by atoms with van der Waals surface area (Å²) in [6.07, 6.45) is 7.71. The minimum Gasteiger partial charge on any atom is -0.256 e. The standard InChI is InChI=1S/C19H13N/c1-2-8-16(9-3-1)13-14-17-10-6-7-15-20-19-12-5-4-11-18(17)19/h1-12,15H/b7-6?,10-6-,15-7+,17-10?,18-17+,20-15?,20-19+. The van der Waals surface area contributed by atoms with Gasteiger partial charge in [0.2, 0.25) is 0 Å². The Balaban J connectivity index is 2.18. The zero-order valence-corrected chi connectivity index (χ0v) is 11.0. The first-order valence-corrected chi connectivity index (χ1v) is 6.51. The Morgan fingerprint density at radius 2 is 1.55 bits per heavy atom. The molecular weight excluding hydrogens is 242 g/mol. The van der Waals surface area contributed by atoms with Crippen molar-refractivity contribution in [2.75, 3.05) is 0 Å². The number of benzene rings is 2. The molecule has 0 unspecified atom stereocenters. The third kappa shape index (κ3) is 2.76. The molecule has 0 spiro atoms. The van der Waals surface area contributed by atoms with E-state index in [1.54, 1.807) is 6.20 Å². The Kier molecular flexibility index (Phi) is 3.57. The highest BCUT2D eigenvalue weighted by atomic mass is 14.7. The smallest absolute Gasteiger partial charge is 0.0714 e. The number of rotatable bonds is 0. The molecule has 94 valence electrons. The lowest BCUT2D eigenvalue weighted by Crippen LogP contribution is -2.26. The van der Waals surface area contributed by atoms with Gasteiger partial charge in [-0.05, 0) is 30.4 Å². The van der Waals surface area contributed by atoms with Crippen LogP contribution < -0.4 is 10.6 Å². The molecule has 0 atom stereocenters. The lowest BCUT2D eigenvalue weighted by molar-refractivity contribution is 1.29. The molecule has 1 aliphatic heterocycles. The van der Waals surface area contributed by atoms with E-state index in [2.05, 4.69) is 22.9 Å². The van der Waals surface area contributed by atoms with E-state index < -0.39 is 0 Å². The van der Waals surface area contributed by atoms with Crippen molar-refractivity contribution in [1.82, 2.24) is 0 Å². The van der Waals surface area contributed by atoms with Gasteiger partial charge in [-0.25, -0.2) is 0 Å². The van der Waals surface area contributed by atoms with Crippen molar-refractivity contribution >= 4 is 5.57 Å². The average molecular weight is 255 g/mol. The van der Waals surface area contributed by atoms with E-state index in [1.807, 2.05) is 66.8 Å². The maximum Gasteiger partial charge on any atom is 0.0714 e. The molecule has 0 saturated heterocycles. The molecule has 0 bridgehead atoms. The highest BCUT2D eigenvalue weighted by molar-refractivity contribution is 5.73. The first-order valence-electron chi connectivity index (χ1n) is 6.51. The van der Waals surface area contributed by atoms with Gasteiger partial charge in [-0.1, -0.05) is 54.3 Å². The van der Waals surface area contributed by atoms with Crippen LogP contribution in [0.2, 0.25) is 0 Å². The summed E-state index contributed by atoms with van der Waals surface area (Å²) >= 11 is 0. The van der Waals surface area contributed by atoms with Crippen LogP contribution in [0.4, 0.5) is 0 Å². The van der Waals surface area contributed by atoms with E-state index in [0.717, 1.165) is 21.7 Å². The average Bonchev–Trinajstić information content (AvgIpc) is 2.49. The van der Waals surface area contributed by atoms with Crippen molar-refractivity contribution in [3.8, 4) is 11.8 Å². The lowest BCUT2D eigenvalue weighted by Gasteiger charge is -1.96. The summed E-state index contributed by atoms with van der Waals surface area (Å²) in [6.45, 7) is 0. The van der Waals surface area contributed by atoms with Crippen LogP contribution in [0.3, 0.4) is 0 Å². The number of fused-ring (bicyclic) bond motifs is 1. The van der Waals surface area contributed by atoms with Gasteiger partial charge >= 0.3 is 0 Å². The van der Waals surface area contributed by atoms with Crippen molar-refractivity contribution in [2.24, 2.45) is 4.99 Å². The van der Waals surface area contributed by atoms with E-state index >= 15 is 0 Å². The van der Waals surface area contributed by atoms with Crippen molar-refractivity contribution in [1.29, 1.82) is 0 Å². The van der Waals surface area contributed by atoms with Crippen molar-refractivity contribution in [3.63, 3.8) is 0 Å². The van der Waals surface area contributed by atoms with Gasteiger partial charge in [-0.3, -0.25) is 4.99 Å². The molecule has 0 amide bonds. The van der Waals surface area contributed by atoms with Crippen LogP contribution in [0.15, 0.2) is 84.0 Å². The topological polar surface area (TPSA) is 12.4 Å². The summed E-state index contributed by atoms with van der Waals surface area (Å²) in [6, 6.07) is 18.1. The Labute approximate surface area is 118 Å². The Bertz CT molecular complexity index is 844. The van der Waals surface area contributed by atoms with Gasteiger partial charge in [0.05, 0.1) is 5.36 Å². The number of para-hydroxylation sites is 1. The van der Waals surface area contributed by atoms with Gasteiger partial charge in [0, 0.05) is 22.6 Å². The molecule has 0 aliphatic carbocycles. The van der Waals surface area contributed by atoms with Gasteiger partial charge in [0.15, 0.2) is 0 Å². The third-order valence-electron chi connectivity index (χ3n) is 2.98. The fourth-order valence-corrected chi connectivity index (χ4v) is 2.00. The SMILES string of the molecule is C(#Cc1ccccc1)C1=c2\cccc\c2=N/C=C/C=C\1. The summed E-state index contributed by atoms with van der Waals surface area (Å²) in [7, 11) is 0. The summed E-state index contributed by atoms with van der Waals surface area (Å²) < 4.78 is 0. The highest BCUT2D eigenvalue weighted by Gasteiger charge is 1.94. The van der Waals surface area contributed by atoms with Crippen molar-refractivity contribution < 1.29 is 0 Å². The number of nitrogens with zero attached hydrogens (tertiary/aromatic N) is 1. The van der Waals surface area contributed by atoms with Gasteiger partial charge in [-0.15, -0.1) is 0 Å². The molecule has 2 aromatic carbocycles. The number of hydrogen-bond donors (Lipinski definition) is 0. The Morgan fingerprint density at radius 3 is 2.45 bits per heavy atom. The van der Waals surface area contributed by atoms with Gasteiger partial charge in [0.25, 0.3) is 0 Å². The van der Waals surface area contributed by atoms with Crippen LogP contribution in [-0.4, -0.2) is 0 Å². The quantitative estimate of drug-likeness (QED) is 0.642. The Hall–Kier alpha value is -2.85. The second-order valence-corrected chi connectivity index (χ2v) is 4.38. The third-order valence-corrected chi connectivity index (χ3v) is 2.98. The number of hydrogen-bond acceptors (Lipinski definition) is 1. The minimum atomic E-state index is 0.950. The fourth-order valence-electron chi connectivity index (χ4n) is 2.00. The van der Waals surface area contributed by atoms with Gasteiger partial charge in [0.1, 0.15) is 0 Å². The molecule has 1 heteroatoms. The number of allylic oxidation sites excluding steroid dienone is 3. The van der Waals surface area contributed by atoms with Gasteiger partial charge < -0.3 is 0 Å². The zero-order chi connectivity index (χ0) is 13.6. The predicted octanol–water partition coefficient (Wildman–Crippen LogP) is 2.59. The second-order valence-electron chi connectivity index (χ2n) is 4.38. The van der Waals surface area contributed by atoms with E-state index in [4.69, 9.17) is 0 Å².